The first kappa shape index (κ1) is 19.5. The third-order valence-electron chi connectivity index (χ3n) is 3.36. The molecule has 3 N–H and O–H groups in total. The monoisotopic (exact) mass is 338 g/mol. The normalized spacial score (nSPS) is 12.6. The third kappa shape index (κ3) is 7.05. The van der Waals surface area contributed by atoms with Crippen LogP contribution in [0.5, 0.6) is 0 Å². The van der Waals surface area contributed by atoms with Gasteiger partial charge < -0.3 is 15.8 Å². The highest BCUT2D eigenvalue weighted by Crippen LogP contribution is 2.21. The maximum absolute atomic E-state index is 12.1. The zero-order valence-corrected chi connectivity index (χ0v) is 15.0. The van der Waals surface area contributed by atoms with Gasteiger partial charge in [0.1, 0.15) is 0 Å². The highest BCUT2D eigenvalue weighted by molar-refractivity contribution is 7.98. The number of nitrogens with two attached hydrogens (primary N) is 1. The Labute approximate surface area is 142 Å². The van der Waals surface area contributed by atoms with E-state index in [-0.39, 0.29) is 17.3 Å². The molecule has 0 spiro atoms. The van der Waals surface area contributed by atoms with Crippen LogP contribution >= 0.6 is 11.8 Å². The zero-order chi connectivity index (χ0) is 17.5. The number of rotatable bonds is 7. The van der Waals surface area contributed by atoms with E-state index in [2.05, 4.69) is 10.1 Å². The average Bonchev–Trinajstić information content (AvgIpc) is 2.50. The Bertz CT molecular complexity index is 541. The number of nitrogens with one attached hydrogen (secondary N) is 1. The number of esters is 1. The summed E-state index contributed by atoms with van der Waals surface area (Å²) >= 11 is 1.65. The second-order valence-corrected chi connectivity index (χ2v) is 7.52. The lowest BCUT2D eigenvalue weighted by molar-refractivity contribution is -0.140. The van der Waals surface area contributed by atoms with Crippen LogP contribution in [0.1, 0.15) is 32.8 Å². The molecule has 1 aromatic carbocycles. The largest absolute Gasteiger partial charge is 0.469 e. The lowest BCUT2D eigenvalue weighted by Gasteiger charge is -2.25. The molecule has 6 heteroatoms. The van der Waals surface area contributed by atoms with Gasteiger partial charge in [0.2, 0.25) is 5.91 Å². The maximum Gasteiger partial charge on any atom is 0.306 e. The van der Waals surface area contributed by atoms with Crippen molar-refractivity contribution >= 4 is 29.3 Å². The predicted molar refractivity (Wildman–Crippen MR) is 95.3 cm³/mol. The standard InChI is InChI=1S/C17H26N2O3S/c1-17(2,3)15(18)16(21)19-13-7-5-6-12(10-13)11-23-9-8-14(20)22-4/h5-7,10,15H,8-9,11,18H2,1-4H3,(H,19,21)/t15-/m1/s1. The number of thioether (sulfide) groups is 1. The molecule has 23 heavy (non-hydrogen) atoms. The summed E-state index contributed by atoms with van der Waals surface area (Å²) in [6.07, 6.45) is 0.401. The molecule has 1 amide bonds. The van der Waals surface area contributed by atoms with Crippen LogP contribution in [0.3, 0.4) is 0 Å². The zero-order valence-electron chi connectivity index (χ0n) is 14.2. The van der Waals surface area contributed by atoms with Crippen LogP contribution in [-0.2, 0) is 20.1 Å². The van der Waals surface area contributed by atoms with Crippen molar-refractivity contribution in [3.63, 3.8) is 0 Å². The molecule has 0 fully saturated rings. The van der Waals surface area contributed by atoms with Crippen molar-refractivity contribution in [2.24, 2.45) is 11.1 Å². The van der Waals surface area contributed by atoms with E-state index in [4.69, 9.17) is 5.73 Å². The molecule has 5 nitrogen and oxygen atoms in total. The number of carbonyl (C=O) groups excluding carboxylic acids is 2. The first-order chi connectivity index (χ1) is 10.7. The summed E-state index contributed by atoms with van der Waals surface area (Å²) in [5.41, 5.74) is 7.50. The fourth-order valence-corrected chi connectivity index (χ4v) is 2.67. The van der Waals surface area contributed by atoms with Crippen molar-refractivity contribution in [3.8, 4) is 0 Å². The molecule has 0 unspecified atom stereocenters. The van der Waals surface area contributed by atoms with Gasteiger partial charge >= 0.3 is 5.97 Å². The summed E-state index contributed by atoms with van der Waals surface area (Å²) in [6.45, 7) is 5.81. The Hall–Kier alpha value is -1.53. The topological polar surface area (TPSA) is 81.4 Å². The van der Waals surface area contributed by atoms with Crippen molar-refractivity contribution in [1.29, 1.82) is 0 Å². The Kier molecular flexibility index (Phi) is 7.58. The SMILES string of the molecule is COC(=O)CCSCc1cccc(NC(=O)[C@@H](N)C(C)(C)C)c1. The highest BCUT2D eigenvalue weighted by Gasteiger charge is 2.27. The van der Waals surface area contributed by atoms with Gasteiger partial charge in [0.05, 0.1) is 19.6 Å². The lowest BCUT2D eigenvalue weighted by Crippen LogP contribution is -2.45. The van der Waals surface area contributed by atoms with Crippen LogP contribution in [0.25, 0.3) is 0 Å². The van der Waals surface area contributed by atoms with Crippen molar-refractivity contribution in [3.05, 3.63) is 29.8 Å². The summed E-state index contributed by atoms with van der Waals surface area (Å²) in [7, 11) is 1.39. The molecule has 1 rings (SSSR count). The minimum Gasteiger partial charge on any atom is -0.469 e. The second kappa shape index (κ2) is 8.93. The predicted octanol–water partition coefficient (Wildman–Crippen LogP) is 2.79. The van der Waals surface area contributed by atoms with E-state index in [0.29, 0.717) is 12.2 Å². The number of anilines is 1. The molecule has 0 aromatic heterocycles. The van der Waals surface area contributed by atoms with Gasteiger partial charge in [-0.2, -0.15) is 11.8 Å². The van der Waals surface area contributed by atoms with Gasteiger partial charge in [0, 0.05) is 17.2 Å². The Morgan fingerprint density at radius 3 is 2.65 bits per heavy atom. The number of hydrogen-bond acceptors (Lipinski definition) is 5. The van der Waals surface area contributed by atoms with Gasteiger partial charge in [0.15, 0.2) is 0 Å². The molecule has 0 saturated carbocycles. The molecule has 0 aliphatic rings. The summed E-state index contributed by atoms with van der Waals surface area (Å²) in [5, 5.41) is 2.86. The number of carbonyl (C=O) groups is 2. The van der Waals surface area contributed by atoms with Gasteiger partial charge in [-0.25, -0.2) is 0 Å². The van der Waals surface area contributed by atoms with Crippen LogP contribution < -0.4 is 11.1 Å². The quantitative estimate of drug-likeness (QED) is 0.590. The minimum absolute atomic E-state index is 0.187. The lowest BCUT2D eigenvalue weighted by atomic mass is 9.87. The van der Waals surface area contributed by atoms with Crippen LogP contribution in [0.4, 0.5) is 5.69 Å². The van der Waals surface area contributed by atoms with Crippen LogP contribution in [0.2, 0.25) is 0 Å². The first-order valence-corrected chi connectivity index (χ1v) is 8.69. The van der Waals surface area contributed by atoms with Crippen LogP contribution in [0.15, 0.2) is 24.3 Å². The molecular formula is C17H26N2O3S. The van der Waals surface area contributed by atoms with Gasteiger partial charge in [-0.1, -0.05) is 32.9 Å². The number of benzene rings is 1. The molecule has 0 aliphatic carbocycles. The van der Waals surface area contributed by atoms with Crippen molar-refractivity contribution in [2.75, 3.05) is 18.2 Å². The fraction of sp³-hybridized carbons (Fsp3) is 0.529. The number of amides is 1. The van der Waals surface area contributed by atoms with Gasteiger partial charge in [-0.05, 0) is 23.1 Å². The summed E-state index contributed by atoms with van der Waals surface area (Å²) < 4.78 is 4.60. The molecule has 128 valence electrons. The molecule has 0 radical (unpaired) electrons. The molecule has 0 bridgehead atoms. The average molecular weight is 338 g/mol. The molecule has 1 aromatic rings. The van der Waals surface area contributed by atoms with E-state index in [9.17, 15) is 9.59 Å². The van der Waals surface area contributed by atoms with Crippen LogP contribution in [-0.4, -0.2) is 30.8 Å². The van der Waals surface area contributed by atoms with E-state index >= 15 is 0 Å². The van der Waals surface area contributed by atoms with Crippen molar-refractivity contribution < 1.29 is 14.3 Å². The molecule has 0 aliphatic heterocycles. The van der Waals surface area contributed by atoms with Crippen LogP contribution in [0, 0.1) is 5.41 Å². The first-order valence-electron chi connectivity index (χ1n) is 7.54. The number of hydrogen-bond donors (Lipinski definition) is 2. The van der Waals surface area contributed by atoms with Gasteiger partial charge in [0.25, 0.3) is 0 Å². The van der Waals surface area contributed by atoms with Gasteiger partial charge in [-0.15, -0.1) is 0 Å². The van der Waals surface area contributed by atoms with E-state index in [0.717, 1.165) is 17.0 Å². The fourth-order valence-electron chi connectivity index (χ4n) is 1.80. The molecular weight excluding hydrogens is 312 g/mol. The van der Waals surface area contributed by atoms with E-state index in [1.807, 2.05) is 45.0 Å². The minimum atomic E-state index is -0.569. The molecule has 0 heterocycles. The highest BCUT2D eigenvalue weighted by atomic mass is 32.2. The van der Waals surface area contributed by atoms with Gasteiger partial charge in [-0.3, -0.25) is 9.59 Å². The third-order valence-corrected chi connectivity index (χ3v) is 4.39. The van der Waals surface area contributed by atoms with Crippen molar-refractivity contribution in [2.45, 2.75) is 39.0 Å². The second-order valence-electron chi connectivity index (χ2n) is 6.41. The van der Waals surface area contributed by atoms with Crippen molar-refractivity contribution in [1.82, 2.24) is 0 Å². The smallest absolute Gasteiger partial charge is 0.306 e. The maximum atomic E-state index is 12.1. The summed E-state index contributed by atoms with van der Waals surface area (Å²) in [4.78, 5) is 23.2. The Balaban J connectivity index is 2.53. The summed E-state index contributed by atoms with van der Waals surface area (Å²) in [5.74, 6) is 1.09. The summed E-state index contributed by atoms with van der Waals surface area (Å²) in [6, 6.07) is 7.09. The molecule has 1 atom stereocenters. The van der Waals surface area contributed by atoms with E-state index in [1.165, 1.54) is 7.11 Å². The Morgan fingerprint density at radius 1 is 1.35 bits per heavy atom. The van der Waals surface area contributed by atoms with E-state index in [1.54, 1.807) is 11.8 Å². The Morgan fingerprint density at radius 2 is 2.04 bits per heavy atom. The number of methoxy groups -OCH3 is 1. The number of ether oxygens (including phenoxy) is 1. The molecule has 0 saturated heterocycles. The van der Waals surface area contributed by atoms with E-state index < -0.39 is 6.04 Å².